The van der Waals surface area contributed by atoms with Gasteiger partial charge in [-0.3, -0.25) is 9.69 Å². The zero-order valence-corrected chi connectivity index (χ0v) is 20.0. The lowest BCUT2D eigenvalue weighted by molar-refractivity contribution is -0.109. The van der Waals surface area contributed by atoms with Crippen molar-refractivity contribution >= 4 is 17.4 Å². The number of fused-ring (bicyclic) bond motifs is 1. The van der Waals surface area contributed by atoms with Crippen molar-refractivity contribution in [2.45, 2.75) is 38.1 Å². The van der Waals surface area contributed by atoms with E-state index in [2.05, 4.69) is 73.3 Å². The molecule has 5 rings (SSSR count). The average molecular weight is 467 g/mol. The van der Waals surface area contributed by atoms with E-state index in [-0.39, 0.29) is 0 Å². The maximum Gasteiger partial charge on any atom is 0.207 e. The number of carbonyl (C=O) groups excluding carboxylic acids is 1. The number of unbranched alkanes of at least 4 members (excludes halogenated alkanes) is 1. The first-order valence-corrected chi connectivity index (χ1v) is 12.2. The lowest BCUT2D eigenvalue weighted by Crippen LogP contribution is -2.18. The Labute approximate surface area is 205 Å². The highest BCUT2D eigenvalue weighted by molar-refractivity contribution is 5.77. The van der Waals surface area contributed by atoms with Crippen LogP contribution in [0.4, 0.5) is 0 Å². The molecule has 1 atom stereocenters. The SMILES string of the molecule is CN1CCCC1c1ncc(-c2ccc(C#Cc3ccc4nc(CCCCNC=O)[nH]c4c3)cc2)[nH]1. The number of nitrogens with zero attached hydrogens (tertiary/aromatic N) is 3. The van der Waals surface area contributed by atoms with E-state index in [0.717, 1.165) is 83.7 Å². The molecule has 3 heterocycles. The number of aromatic amines is 2. The number of hydrogen-bond acceptors (Lipinski definition) is 4. The first-order valence-electron chi connectivity index (χ1n) is 12.2. The largest absolute Gasteiger partial charge is 0.359 e. The minimum absolute atomic E-state index is 0.392. The van der Waals surface area contributed by atoms with Gasteiger partial charge in [0.15, 0.2) is 0 Å². The van der Waals surface area contributed by atoms with Gasteiger partial charge in [-0.1, -0.05) is 24.0 Å². The summed E-state index contributed by atoms with van der Waals surface area (Å²) in [5, 5.41) is 2.69. The molecule has 1 unspecified atom stereocenters. The van der Waals surface area contributed by atoms with Crippen LogP contribution in [0.15, 0.2) is 48.7 Å². The monoisotopic (exact) mass is 466 g/mol. The van der Waals surface area contributed by atoms with Gasteiger partial charge in [0.05, 0.1) is 29.0 Å². The average Bonchev–Trinajstić information content (AvgIpc) is 3.62. The van der Waals surface area contributed by atoms with Crippen LogP contribution in [-0.4, -0.2) is 51.4 Å². The molecular weight excluding hydrogens is 436 g/mol. The fourth-order valence-electron chi connectivity index (χ4n) is 4.62. The highest BCUT2D eigenvalue weighted by Crippen LogP contribution is 2.29. The van der Waals surface area contributed by atoms with Crippen LogP contribution in [0.5, 0.6) is 0 Å². The number of imidazole rings is 2. The van der Waals surface area contributed by atoms with Crippen molar-refractivity contribution in [3.05, 3.63) is 71.4 Å². The van der Waals surface area contributed by atoms with Crippen LogP contribution in [0.25, 0.3) is 22.3 Å². The van der Waals surface area contributed by atoms with Crippen molar-refractivity contribution < 1.29 is 4.79 Å². The van der Waals surface area contributed by atoms with Crippen LogP contribution in [-0.2, 0) is 11.2 Å². The van der Waals surface area contributed by atoms with Crippen molar-refractivity contribution in [1.29, 1.82) is 0 Å². The van der Waals surface area contributed by atoms with Gasteiger partial charge in [-0.15, -0.1) is 0 Å². The van der Waals surface area contributed by atoms with Gasteiger partial charge >= 0.3 is 0 Å². The fraction of sp³-hybridized carbons (Fsp3) is 0.321. The number of nitrogens with one attached hydrogen (secondary N) is 3. The van der Waals surface area contributed by atoms with Gasteiger partial charge < -0.3 is 15.3 Å². The predicted molar refractivity (Wildman–Crippen MR) is 138 cm³/mol. The smallest absolute Gasteiger partial charge is 0.207 e. The second-order valence-corrected chi connectivity index (χ2v) is 9.09. The molecule has 3 N–H and O–H groups in total. The van der Waals surface area contributed by atoms with E-state index in [1.54, 1.807) is 0 Å². The molecule has 1 aliphatic heterocycles. The zero-order valence-electron chi connectivity index (χ0n) is 20.0. The van der Waals surface area contributed by atoms with E-state index in [0.29, 0.717) is 12.6 Å². The molecule has 0 radical (unpaired) electrons. The molecule has 7 nitrogen and oxygen atoms in total. The van der Waals surface area contributed by atoms with Gasteiger partial charge in [-0.25, -0.2) is 9.97 Å². The fourth-order valence-corrected chi connectivity index (χ4v) is 4.62. The summed E-state index contributed by atoms with van der Waals surface area (Å²) < 4.78 is 0. The number of benzene rings is 2. The highest BCUT2D eigenvalue weighted by atomic mass is 16.1. The van der Waals surface area contributed by atoms with Crippen molar-refractivity contribution in [3.8, 4) is 23.1 Å². The Balaban J connectivity index is 1.23. The minimum Gasteiger partial charge on any atom is -0.359 e. The van der Waals surface area contributed by atoms with Gasteiger partial charge in [0.25, 0.3) is 0 Å². The maximum absolute atomic E-state index is 10.3. The molecule has 35 heavy (non-hydrogen) atoms. The molecule has 1 saturated heterocycles. The lowest BCUT2D eigenvalue weighted by atomic mass is 10.1. The Morgan fingerprint density at radius 1 is 1.11 bits per heavy atom. The van der Waals surface area contributed by atoms with Gasteiger partial charge in [-0.05, 0) is 75.2 Å². The summed E-state index contributed by atoms with van der Waals surface area (Å²) in [7, 11) is 2.16. The third-order valence-electron chi connectivity index (χ3n) is 6.58. The summed E-state index contributed by atoms with van der Waals surface area (Å²) in [6, 6.07) is 14.7. The second kappa shape index (κ2) is 10.6. The summed E-state index contributed by atoms with van der Waals surface area (Å²) >= 11 is 0. The molecule has 178 valence electrons. The number of aryl methyl sites for hydroxylation is 1. The quantitative estimate of drug-likeness (QED) is 0.206. The van der Waals surface area contributed by atoms with Crippen molar-refractivity contribution in [3.63, 3.8) is 0 Å². The summed E-state index contributed by atoms with van der Waals surface area (Å²) in [6.45, 7) is 1.83. The number of amides is 1. The van der Waals surface area contributed by atoms with Crippen LogP contribution < -0.4 is 5.32 Å². The van der Waals surface area contributed by atoms with Crippen molar-refractivity contribution in [1.82, 2.24) is 30.2 Å². The predicted octanol–water partition coefficient (Wildman–Crippen LogP) is 4.19. The number of likely N-dealkylation sites (tertiary alicyclic amines) is 1. The third-order valence-corrected chi connectivity index (χ3v) is 6.58. The highest BCUT2D eigenvalue weighted by Gasteiger charge is 2.25. The van der Waals surface area contributed by atoms with Crippen LogP contribution in [0.1, 0.15) is 54.5 Å². The Kier molecular flexibility index (Phi) is 6.92. The minimum atomic E-state index is 0.392. The van der Waals surface area contributed by atoms with E-state index >= 15 is 0 Å². The van der Waals surface area contributed by atoms with Crippen molar-refractivity contribution in [2.24, 2.45) is 0 Å². The number of hydrogen-bond donors (Lipinski definition) is 3. The first kappa shape index (κ1) is 22.9. The topological polar surface area (TPSA) is 89.7 Å². The molecule has 2 aromatic heterocycles. The summed E-state index contributed by atoms with van der Waals surface area (Å²) in [5.74, 6) is 8.56. The van der Waals surface area contributed by atoms with Crippen LogP contribution in [0.3, 0.4) is 0 Å². The van der Waals surface area contributed by atoms with Crippen LogP contribution in [0, 0.1) is 11.8 Å². The summed E-state index contributed by atoms with van der Waals surface area (Å²) in [6.07, 6.45) is 7.81. The molecule has 4 aromatic rings. The molecule has 0 aliphatic carbocycles. The van der Waals surface area contributed by atoms with Crippen LogP contribution in [0.2, 0.25) is 0 Å². The van der Waals surface area contributed by atoms with Crippen LogP contribution >= 0.6 is 0 Å². The van der Waals surface area contributed by atoms with E-state index in [1.807, 2.05) is 24.4 Å². The van der Waals surface area contributed by atoms with Crippen molar-refractivity contribution in [2.75, 3.05) is 20.1 Å². The maximum atomic E-state index is 10.3. The first-order chi connectivity index (χ1) is 17.2. The molecule has 7 heteroatoms. The molecule has 1 amide bonds. The number of aromatic nitrogens is 4. The molecule has 0 spiro atoms. The number of H-pyrrole nitrogens is 2. The zero-order chi connectivity index (χ0) is 24.0. The standard InChI is InChI=1S/C28H30N6O/c1-34-16-4-5-26(34)28-30-18-25(33-28)22-12-9-20(10-13-22)7-8-21-11-14-23-24(17-21)32-27(31-23)6-2-3-15-29-19-35/h9-14,17-19,26H,2-6,15-16H2,1H3,(H,29,35)(H,30,33)(H,31,32). The normalized spacial score (nSPS) is 15.7. The third kappa shape index (κ3) is 5.44. The number of rotatable bonds is 8. The van der Waals surface area contributed by atoms with Gasteiger partial charge in [0, 0.05) is 24.1 Å². The Morgan fingerprint density at radius 2 is 1.94 bits per heavy atom. The van der Waals surface area contributed by atoms with E-state index in [4.69, 9.17) is 0 Å². The molecule has 0 bridgehead atoms. The van der Waals surface area contributed by atoms with E-state index in [1.165, 1.54) is 6.42 Å². The van der Waals surface area contributed by atoms with E-state index < -0.39 is 0 Å². The second-order valence-electron chi connectivity index (χ2n) is 9.09. The van der Waals surface area contributed by atoms with Gasteiger partial charge in [-0.2, -0.15) is 0 Å². The molecule has 1 aliphatic rings. The van der Waals surface area contributed by atoms with Gasteiger partial charge in [0.1, 0.15) is 11.6 Å². The molecule has 1 fully saturated rings. The Morgan fingerprint density at radius 3 is 2.74 bits per heavy atom. The summed E-state index contributed by atoms with van der Waals surface area (Å²) in [4.78, 5) is 28.9. The van der Waals surface area contributed by atoms with Gasteiger partial charge in [0.2, 0.25) is 6.41 Å². The lowest BCUT2D eigenvalue weighted by Gasteiger charge is -2.16. The van der Waals surface area contributed by atoms with E-state index in [9.17, 15) is 4.79 Å². The Bertz CT molecular complexity index is 1360. The molecular formula is C28H30N6O. The molecule has 0 saturated carbocycles. The summed E-state index contributed by atoms with van der Waals surface area (Å²) in [5.41, 5.74) is 6.02. The molecule has 2 aromatic carbocycles. The Hall–Kier alpha value is -3.89. The number of carbonyl (C=O) groups is 1.